The van der Waals surface area contributed by atoms with E-state index in [0.29, 0.717) is 8.95 Å². The average molecular weight is 514 g/mol. The first kappa shape index (κ1) is 15.5. The minimum atomic E-state index is 0.208. The molecule has 1 N–H and O–H groups in total. The van der Waals surface area contributed by atoms with Gasteiger partial charge < -0.3 is 5.11 Å². The molecule has 2 rings (SSSR count). The molecule has 5 heteroatoms. The Morgan fingerprint density at radius 3 is 2.05 bits per heavy atom. The predicted octanol–water partition coefficient (Wildman–Crippen LogP) is 6.59. The summed E-state index contributed by atoms with van der Waals surface area (Å²) in [7, 11) is 0. The van der Waals surface area contributed by atoms with E-state index in [4.69, 9.17) is 0 Å². The minimum Gasteiger partial charge on any atom is -0.506 e. The smallest absolute Gasteiger partial charge is 0.143 e. The summed E-state index contributed by atoms with van der Waals surface area (Å²) in [6, 6.07) is 10.0. The van der Waals surface area contributed by atoms with Gasteiger partial charge in [0, 0.05) is 14.9 Å². The van der Waals surface area contributed by atoms with Crippen LogP contribution < -0.4 is 0 Å². The third-order valence-corrected chi connectivity index (χ3v) is 5.39. The molecular formula is C14H10Br4O. The van der Waals surface area contributed by atoms with Crippen LogP contribution in [0.25, 0.3) is 0 Å². The zero-order chi connectivity index (χ0) is 14.2. The standard InChI is InChI=1S/C14H10Br4O/c1-7(10-6-9(15)2-3-11(10)16)8-4-12(17)14(19)13(18)5-8/h2-7,19H,1H3. The molecule has 0 radical (unpaired) electrons. The minimum absolute atomic E-state index is 0.208. The van der Waals surface area contributed by atoms with Crippen LogP contribution in [0.15, 0.2) is 48.2 Å². The number of hydrogen-bond acceptors (Lipinski definition) is 1. The van der Waals surface area contributed by atoms with Crippen LogP contribution in [0.4, 0.5) is 0 Å². The fourth-order valence-corrected chi connectivity index (χ4v) is 4.05. The number of hydrogen-bond donors (Lipinski definition) is 1. The van der Waals surface area contributed by atoms with Gasteiger partial charge in [0.2, 0.25) is 0 Å². The van der Waals surface area contributed by atoms with Crippen molar-refractivity contribution < 1.29 is 5.11 Å². The molecule has 0 amide bonds. The molecular weight excluding hydrogens is 504 g/mol. The highest BCUT2D eigenvalue weighted by Gasteiger charge is 2.15. The maximum atomic E-state index is 9.77. The first-order valence-electron chi connectivity index (χ1n) is 5.53. The first-order chi connectivity index (χ1) is 8.90. The topological polar surface area (TPSA) is 20.2 Å². The Bertz CT molecular complexity index is 602. The Morgan fingerprint density at radius 2 is 1.47 bits per heavy atom. The van der Waals surface area contributed by atoms with Gasteiger partial charge in [0.25, 0.3) is 0 Å². The van der Waals surface area contributed by atoms with Crippen LogP contribution >= 0.6 is 63.7 Å². The van der Waals surface area contributed by atoms with Crippen molar-refractivity contribution in [1.29, 1.82) is 0 Å². The van der Waals surface area contributed by atoms with E-state index in [2.05, 4.69) is 76.7 Å². The first-order valence-corrected chi connectivity index (χ1v) is 8.70. The molecule has 0 aliphatic heterocycles. The molecule has 0 spiro atoms. The van der Waals surface area contributed by atoms with Crippen molar-refractivity contribution in [2.24, 2.45) is 0 Å². The van der Waals surface area contributed by atoms with Crippen LogP contribution in [0.3, 0.4) is 0 Å². The summed E-state index contributed by atoms with van der Waals surface area (Å²) < 4.78 is 3.50. The highest BCUT2D eigenvalue weighted by atomic mass is 79.9. The molecule has 0 aromatic heterocycles. The van der Waals surface area contributed by atoms with Crippen LogP contribution in [0, 0.1) is 0 Å². The Labute approximate surface area is 145 Å². The van der Waals surface area contributed by atoms with E-state index in [1.54, 1.807) is 0 Å². The Balaban J connectivity index is 2.49. The van der Waals surface area contributed by atoms with Crippen LogP contribution in [-0.4, -0.2) is 5.11 Å². The molecule has 1 atom stereocenters. The molecule has 100 valence electrons. The predicted molar refractivity (Wildman–Crippen MR) is 92.9 cm³/mol. The zero-order valence-corrected chi connectivity index (χ0v) is 16.3. The van der Waals surface area contributed by atoms with Gasteiger partial charge in [-0.05, 0) is 73.3 Å². The van der Waals surface area contributed by atoms with Gasteiger partial charge in [0.05, 0.1) is 8.95 Å². The zero-order valence-electron chi connectivity index (χ0n) is 9.92. The van der Waals surface area contributed by atoms with Crippen LogP contribution in [0.1, 0.15) is 24.0 Å². The summed E-state index contributed by atoms with van der Waals surface area (Å²) in [6.45, 7) is 2.14. The number of rotatable bonds is 2. The van der Waals surface area contributed by atoms with Crippen LogP contribution in [0.2, 0.25) is 0 Å². The fourth-order valence-electron chi connectivity index (χ4n) is 1.86. The number of benzene rings is 2. The summed E-state index contributed by atoms with van der Waals surface area (Å²) >= 11 is 13.8. The van der Waals surface area contributed by atoms with Crippen LogP contribution in [-0.2, 0) is 0 Å². The van der Waals surface area contributed by atoms with E-state index in [1.807, 2.05) is 24.3 Å². The molecule has 0 aliphatic carbocycles. The molecule has 2 aromatic rings. The molecule has 0 heterocycles. The van der Waals surface area contributed by atoms with Gasteiger partial charge in [0.1, 0.15) is 5.75 Å². The van der Waals surface area contributed by atoms with Crippen molar-refractivity contribution in [3.8, 4) is 5.75 Å². The van der Waals surface area contributed by atoms with E-state index in [1.165, 1.54) is 5.56 Å². The number of halogens is 4. The van der Waals surface area contributed by atoms with E-state index >= 15 is 0 Å². The molecule has 0 saturated carbocycles. The van der Waals surface area contributed by atoms with E-state index in [-0.39, 0.29) is 11.7 Å². The summed E-state index contributed by atoms with van der Waals surface area (Å²) in [5.41, 5.74) is 2.31. The molecule has 0 aliphatic rings. The van der Waals surface area contributed by atoms with Gasteiger partial charge in [-0.1, -0.05) is 38.8 Å². The number of phenolic OH excluding ortho intramolecular Hbond substituents is 1. The Morgan fingerprint density at radius 1 is 0.895 bits per heavy atom. The average Bonchev–Trinajstić information content (AvgIpc) is 2.37. The van der Waals surface area contributed by atoms with Crippen molar-refractivity contribution in [3.05, 3.63) is 59.3 Å². The lowest BCUT2D eigenvalue weighted by atomic mass is 9.93. The summed E-state index contributed by atoms with van der Waals surface area (Å²) in [4.78, 5) is 0. The highest BCUT2D eigenvalue weighted by molar-refractivity contribution is 9.11. The summed E-state index contributed by atoms with van der Waals surface area (Å²) in [5, 5.41) is 9.77. The van der Waals surface area contributed by atoms with Gasteiger partial charge >= 0.3 is 0 Å². The van der Waals surface area contributed by atoms with Crippen molar-refractivity contribution in [3.63, 3.8) is 0 Å². The van der Waals surface area contributed by atoms with Crippen molar-refractivity contribution in [2.75, 3.05) is 0 Å². The fraction of sp³-hybridized carbons (Fsp3) is 0.143. The lowest BCUT2D eigenvalue weighted by Crippen LogP contribution is -1.98. The number of phenols is 1. The van der Waals surface area contributed by atoms with Gasteiger partial charge in [-0.25, -0.2) is 0 Å². The summed E-state index contributed by atoms with van der Waals surface area (Å²) in [5.74, 6) is 0.435. The SMILES string of the molecule is CC(c1cc(Br)c(O)c(Br)c1)c1cc(Br)ccc1Br. The second-order valence-electron chi connectivity index (χ2n) is 4.22. The van der Waals surface area contributed by atoms with E-state index in [9.17, 15) is 5.11 Å². The Hall–Kier alpha value is 0.160. The third-order valence-electron chi connectivity index (χ3n) is 2.96. The maximum absolute atomic E-state index is 9.77. The van der Waals surface area contributed by atoms with Crippen LogP contribution in [0.5, 0.6) is 5.75 Å². The molecule has 19 heavy (non-hydrogen) atoms. The molecule has 0 fully saturated rings. The Kier molecular flexibility index (Phi) is 5.15. The lowest BCUT2D eigenvalue weighted by Gasteiger charge is -2.16. The van der Waals surface area contributed by atoms with Crippen molar-refractivity contribution >= 4 is 63.7 Å². The van der Waals surface area contributed by atoms with Gasteiger partial charge in [-0.15, -0.1) is 0 Å². The van der Waals surface area contributed by atoms with Crippen molar-refractivity contribution in [1.82, 2.24) is 0 Å². The lowest BCUT2D eigenvalue weighted by molar-refractivity contribution is 0.468. The quantitative estimate of drug-likeness (QED) is 0.480. The highest BCUT2D eigenvalue weighted by Crippen LogP contribution is 2.39. The molecule has 0 bridgehead atoms. The third kappa shape index (κ3) is 3.43. The second-order valence-corrected chi connectivity index (χ2v) is 7.70. The monoisotopic (exact) mass is 510 g/mol. The molecule has 1 nitrogen and oxygen atoms in total. The van der Waals surface area contributed by atoms with E-state index < -0.39 is 0 Å². The molecule has 1 unspecified atom stereocenters. The second kappa shape index (κ2) is 6.29. The van der Waals surface area contributed by atoms with Gasteiger partial charge in [-0.2, -0.15) is 0 Å². The summed E-state index contributed by atoms with van der Waals surface area (Å²) in [6.07, 6.45) is 0. The normalized spacial score (nSPS) is 12.5. The number of aromatic hydroxyl groups is 1. The maximum Gasteiger partial charge on any atom is 0.143 e. The van der Waals surface area contributed by atoms with Crippen molar-refractivity contribution in [2.45, 2.75) is 12.8 Å². The largest absolute Gasteiger partial charge is 0.506 e. The molecule has 0 saturated heterocycles. The molecule has 2 aromatic carbocycles. The van der Waals surface area contributed by atoms with Gasteiger partial charge in [0.15, 0.2) is 0 Å². The van der Waals surface area contributed by atoms with E-state index in [0.717, 1.165) is 14.5 Å². The van der Waals surface area contributed by atoms with Gasteiger partial charge in [-0.3, -0.25) is 0 Å².